The molecule has 1 aromatic heterocycles. The molecule has 0 unspecified atom stereocenters. The lowest BCUT2D eigenvalue weighted by atomic mass is 10.1. The van der Waals surface area contributed by atoms with Crippen LogP contribution < -0.4 is 4.74 Å². The van der Waals surface area contributed by atoms with Crippen molar-refractivity contribution in [2.24, 2.45) is 5.92 Å². The molecule has 0 amide bonds. The lowest BCUT2D eigenvalue weighted by Gasteiger charge is -2.20. The molecular weight excluding hydrogens is 288 g/mol. The van der Waals surface area contributed by atoms with Crippen LogP contribution in [0.3, 0.4) is 0 Å². The van der Waals surface area contributed by atoms with Gasteiger partial charge in [-0.15, -0.1) is 0 Å². The van der Waals surface area contributed by atoms with Crippen molar-refractivity contribution in [3.8, 4) is 11.4 Å². The summed E-state index contributed by atoms with van der Waals surface area (Å²) in [7, 11) is 3.95. The molecule has 0 spiro atoms. The molecule has 1 aromatic carbocycles. The predicted molar refractivity (Wildman–Crippen MR) is 89.9 cm³/mol. The Hall–Kier alpha value is -1.85. The number of hydrogen-bond acceptors (Lipinski definition) is 4. The van der Waals surface area contributed by atoms with Gasteiger partial charge in [-0.25, -0.2) is 4.98 Å². The number of nitrogens with zero attached hydrogens (tertiary/aromatic N) is 4. The fraction of sp³-hybridized carbons (Fsp3) is 0.500. The standard InChI is InChI=1S/C18H24N4O/c1-20-9-7-14-11-21(12-17(14)20)13-18-19-8-10-22(18)15-3-5-16(23-2)6-4-15/h3-6,8,10,14,17H,7,9,11-13H2,1-2H3/t14-,17+/m1/s1. The van der Waals surface area contributed by atoms with Crippen molar-refractivity contribution in [1.29, 1.82) is 0 Å². The van der Waals surface area contributed by atoms with Crippen molar-refractivity contribution in [3.63, 3.8) is 0 Å². The van der Waals surface area contributed by atoms with E-state index in [4.69, 9.17) is 4.74 Å². The van der Waals surface area contributed by atoms with Crippen LogP contribution in [0.4, 0.5) is 0 Å². The number of hydrogen-bond donors (Lipinski definition) is 0. The van der Waals surface area contributed by atoms with Gasteiger partial charge in [0.25, 0.3) is 0 Å². The molecule has 0 radical (unpaired) electrons. The maximum absolute atomic E-state index is 5.24. The molecule has 0 aliphatic carbocycles. The lowest BCUT2D eigenvalue weighted by molar-refractivity contribution is 0.251. The number of benzene rings is 1. The summed E-state index contributed by atoms with van der Waals surface area (Å²) in [6.45, 7) is 4.53. The van der Waals surface area contributed by atoms with Crippen LogP contribution >= 0.6 is 0 Å². The minimum absolute atomic E-state index is 0.736. The van der Waals surface area contributed by atoms with Gasteiger partial charge in [-0.2, -0.15) is 0 Å². The second kappa shape index (κ2) is 5.98. The Morgan fingerprint density at radius 3 is 2.78 bits per heavy atom. The van der Waals surface area contributed by atoms with E-state index in [0.29, 0.717) is 0 Å². The fourth-order valence-corrected chi connectivity index (χ4v) is 4.02. The highest BCUT2D eigenvalue weighted by Crippen LogP contribution is 2.31. The molecule has 2 atom stereocenters. The van der Waals surface area contributed by atoms with Gasteiger partial charge in [0, 0.05) is 37.2 Å². The number of likely N-dealkylation sites (tertiary alicyclic amines) is 2. The normalized spacial score (nSPS) is 25.0. The number of fused-ring (bicyclic) bond motifs is 1. The summed E-state index contributed by atoms with van der Waals surface area (Å²) in [4.78, 5) is 9.65. The molecule has 2 aliphatic rings. The first kappa shape index (κ1) is 14.7. The number of likely N-dealkylation sites (N-methyl/N-ethyl adjacent to an activating group) is 1. The zero-order valence-electron chi connectivity index (χ0n) is 13.9. The molecule has 0 bridgehead atoms. The van der Waals surface area contributed by atoms with Crippen molar-refractivity contribution in [3.05, 3.63) is 42.5 Å². The van der Waals surface area contributed by atoms with E-state index in [1.807, 2.05) is 24.5 Å². The van der Waals surface area contributed by atoms with E-state index >= 15 is 0 Å². The van der Waals surface area contributed by atoms with Gasteiger partial charge >= 0.3 is 0 Å². The van der Waals surface area contributed by atoms with Crippen molar-refractivity contribution in [2.75, 3.05) is 33.8 Å². The number of rotatable bonds is 4. The average Bonchev–Trinajstić information content (AvgIpc) is 3.27. The molecule has 3 heterocycles. The largest absolute Gasteiger partial charge is 0.497 e. The molecule has 2 fully saturated rings. The number of imidazole rings is 1. The zero-order chi connectivity index (χ0) is 15.8. The fourth-order valence-electron chi connectivity index (χ4n) is 4.02. The van der Waals surface area contributed by atoms with E-state index in [-0.39, 0.29) is 0 Å². The minimum atomic E-state index is 0.736. The molecule has 0 saturated carbocycles. The summed E-state index contributed by atoms with van der Waals surface area (Å²) >= 11 is 0. The summed E-state index contributed by atoms with van der Waals surface area (Å²) in [5.41, 5.74) is 1.13. The topological polar surface area (TPSA) is 33.5 Å². The van der Waals surface area contributed by atoms with Crippen LogP contribution in [0.2, 0.25) is 0 Å². The first-order valence-electron chi connectivity index (χ1n) is 8.34. The number of ether oxygens (including phenoxy) is 1. The molecule has 5 heteroatoms. The molecule has 2 aliphatic heterocycles. The van der Waals surface area contributed by atoms with Crippen LogP contribution in [0.1, 0.15) is 12.2 Å². The maximum atomic E-state index is 5.24. The Morgan fingerprint density at radius 2 is 2.04 bits per heavy atom. The number of aromatic nitrogens is 2. The quantitative estimate of drug-likeness (QED) is 0.865. The summed E-state index contributed by atoms with van der Waals surface area (Å²) in [6, 6.07) is 8.88. The first-order chi connectivity index (χ1) is 11.2. The van der Waals surface area contributed by atoms with Gasteiger partial charge in [0.15, 0.2) is 0 Å². The highest BCUT2D eigenvalue weighted by atomic mass is 16.5. The Morgan fingerprint density at radius 1 is 1.22 bits per heavy atom. The Bertz CT molecular complexity index is 666. The van der Waals surface area contributed by atoms with E-state index in [1.165, 1.54) is 19.5 Å². The predicted octanol–water partition coefficient (Wildman–Crippen LogP) is 2.02. The second-order valence-electron chi connectivity index (χ2n) is 6.70. The third kappa shape index (κ3) is 2.75. The van der Waals surface area contributed by atoms with Gasteiger partial charge in [0.05, 0.1) is 13.7 Å². The van der Waals surface area contributed by atoms with Crippen LogP contribution in [-0.2, 0) is 6.54 Å². The van der Waals surface area contributed by atoms with Crippen LogP contribution in [0, 0.1) is 5.92 Å². The van der Waals surface area contributed by atoms with Crippen LogP contribution in [0.25, 0.3) is 5.69 Å². The highest BCUT2D eigenvalue weighted by molar-refractivity contribution is 5.38. The average molecular weight is 312 g/mol. The van der Waals surface area contributed by atoms with Crippen molar-refractivity contribution < 1.29 is 4.74 Å². The van der Waals surface area contributed by atoms with E-state index in [1.54, 1.807) is 7.11 Å². The number of methoxy groups -OCH3 is 1. The summed E-state index contributed by atoms with van der Waals surface area (Å²) in [5.74, 6) is 2.83. The van der Waals surface area contributed by atoms with Crippen LogP contribution in [0.5, 0.6) is 5.75 Å². The van der Waals surface area contributed by atoms with Gasteiger partial charge in [0.2, 0.25) is 0 Å². The van der Waals surface area contributed by atoms with Crippen LogP contribution in [-0.4, -0.2) is 59.2 Å². The van der Waals surface area contributed by atoms with E-state index in [2.05, 4.69) is 38.5 Å². The maximum Gasteiger partial charge on any atom is 0.127 e. The first-order valence-corrected chi connectivity index (χ1v) is 8.34. The van der Waals surface area contributed by atoms with Gasteiger partial charge in [-0.3, -0.25) is 4.90 Å². The molecular formula is C18H24N4O. The zero-order valence-corrected chi connectivity index (χ0v) is 13.9. The summed E-state index contributed by atoms with van der Waals surface area (Å²) in [6.07, 6.45) is 5.27. The third-order valence-corrected chi connectivity index (χ3v) is 5.33. The van der Waals surface area contributed by atoms with E-state index in [0.717, 1.165) is 42.3 Å². The third-order valence-electron chi connectivity index (χ3n) is 5.33. The Balaban J connectivity index is 1.49. The van der Waals surface area contributed by atoms with Gasteiger partial charge in [-0.1, -0.05) is 0 Å². The second-order valence-corrected chi connectivity index (χ2v) is 6.70. The van der Waals surface area contributed by atoms with E-state index < -0.39 is 0 Å². The SMILES string of the molecule is COc1ccc(-n2ccnc2CN2C[C@H]3CCN(C)[C@H]3C2)cc1. The lowest BCUT2D eigenvalue weighted by Crippen LogP contribution is -2.32. The summed E-state index contributed by atoms with van der Waals surface area (Å²) < 4.78 is 7.42. The minimum Gasteiger partial charge on any atom is -0.497 e. The molecule has 4 rings (SSSR count). The smallest absolute Gasteiger partial charge is 0.127 e. The Labute approximate surface area is 137 Å². The van der Waals surface area contributed by atoms with Gasteiger partial charge in [0.1, 0.15) is 11.6 Å². The van der Waals surface area contributed by atoms with Crippen LogP contribution in [0.15, 0.2) is 36.7 Å². The van der Waals surface area contributed by atoms with Crippen molar-refractivity contribution >= 4 is 0 Å². The molecule has 122 valence electrons. The molecule has 5 nitrogen and oxygen atoms in total. The molecule has 0 N–H and O–H groups in total. The monoisotopic (exact) mass is 312 g/mol. The van der Waals surface area contributed by atoms with Crippen molar-refractivity contribution in [1.82, 2.24) is 19.4 Å². The Kier molecular flexibility index (Phi) is 3.83. The molecule has 2 aromatic rings. The van der Waals surface area contributed by atoms with E-state index in [9.17, 15) is 0 Å². The van der Waals surface area contributed by atoms with Crippen molar-refractivity contribution in [2.45, 2.75) is 19.0 Å². The summed E-state index contributed by atoms with van der Waals surface area (Å²) in [5, 5.41) is 0. The van der Waals surface area contributed by atoms with Gasteiger partial charge < -0.3 is 14.2 Å². The van der Waals surface area contributed by atoms with Gasteiger partial charge in [-0.05, 0) is 50.2 Å². The highest BCUT2D eigenvalue weighted by Gasteiger charge is 2.39. The molecule has 2 saturated heterocycles. The molecule has 23 heavy (non-hydrogen) atoms.